The molecule has 0 N–H and O–H groups in total. The molecule has 2 aliphatic rings. The summed E-state index contributed by atoms with van der Waals surface area (Å²) >= 11 is 6.30. The van der Waals surface area contributed by atoms with Crippen molar-refractivity contribution in [3.8, 4) is 0 Å². The van der Waals surface area contributed by atoms with E-state index in [1.54, 1.807) is 6.20 Å². The van der Waals surface area contributed by atoms with Gasteiger partial charge in [0.05, 0.1) is 5.69 Å². The van der Waals surface area contributed by atoms with Gasteiger partial charge in [-0.25, -0.2) is 0 Å². The van der Waals surface area contributed by atoms with Crippen LogP contribution in [0, 0.1) is 0 Å². The van der Waals surface area contributed by atoms with Crippen molar-refractivity contribution in [2.45, 2.75) is 25.2 Å². The van der Waals surface area contributed by atoms with Crippen molar-refractivity contribution in [2.75, 3.05) is 11.4 Å². The maximum absolute atomic E-state index is 12.2. The third kappa shape index (κ3) is 2.83. The van der Waals surface area contributed by atoms with Gasteiger partial charge in [0.25, 0.3) is 0 Å². The van der Waals surface area contributed by atoms with Crippen LogP contribution < -0.4 is 4.90 Å². The number of amides is 1. The van der Waals surface area contributed by atoms with Crippen molar-refractivity contribution < 1.29 is 4.79 Å². The number of benzene rings is 2. The van der Waals surface area contributed by atoms with Gasteiger partial charge < -0.3 is 4.90 Å². The second kappa shape index (κ2) is 6.50. The van der Waals surface area contributed by atoms with E-state index in [1.807, 2.05) is 35.4 Å². The van der Waals surface area contributed by atoms with Crippen LogP contribution >= 0.6 is 11.6 Å². The zero-order chi connectivity index (χ0) is 18.4. The van der Waals surface area contributed by atoms with E-state index < -0.39 is 0 Å². The van der Waals surface area contributed by atoms with Crippen LogP contribution in [-0.2, 0) is 17.6 Å². The van der Waals surface area contributed by atoms with E-state index in [9.17, 15) is 4.79 Å². The molecule has 27 heavy (non-hydrogen) atoms. The molecule has 0 aliphatic carbocycles. The molecule has 3 nitrogen and oxygen atoms in total. The quantitative estimate of drug-likeness (QED) is 0.662. The van der Waals surface area contributed by atoms with Crippen LogP contribution in [0.2, 0.25) is 5.02 Å². The Labute approximate surface area is 163 Å². The second-order valence-electron chi connectivity index (χ2n) is 7.26. The molecule has 0 radical (unpaired) electrons. The Kier molecular flexibility index (Phi) is 3.98. The SMILES string of the molecule is O=C1CCc2cc(C(c3cccnc3)c3cccc(Cl)c3)cc3c2N1CC3. The van der Waals surface area contributed by atoms with Gasteiger partial charge in [0, 0.05) is 36.3 Å². The fourth-order valence-corrected chi connectivity index (χ4v) is 4.66. The van der Waals surface area contributed by atoms with Crippen LogP contribution in [0.25, 0.3) is 0 Å². The Bertz CT molecular complexity index is 1030. The van der Waals surface area contributed by atoms with E-state index in [0.29, 0.717) is 6.42 Å². The molecular weight excluding hydrogens is 356 g/mol. The maximum Gasteiger partial charge on any atom is 0.227 e. The predicted molar refractivity (Wildman–Crippen MR) is 107 cm³/mol. The molecule has 3 aromatic rings. The topological polar surface area (TPSA) is 33.2 Å². The fraction of sp³-hybridized carbons (Fsp3) is 0.217. The summed E-state index contributed by atoms with van der Waals surface area (Å²) in [5, 5.41) is 0.737. The molecular formula is C23H19ClN2O. The minimum absolute atomic E-state index is 0.0747. The number of nitrogens with zero attached hydrogens (tertiary/aromatic N) is 2. The Morgan fingerprint density at radius 3 is 2.52 bits per heavy atom. The van der Waals surface area contributed by atoms with Gasteiger partial charge in [-0.15, -0.1) is 0 Å². The molecule has 1 amide bonds. The van der Waals surface area contributed by atoms with Gasteiger partial charge in [0.15, 0.2) is 0 Å². The minimum Gasteiger partial charge on any atom is -0.312 e. The predicted octanol–water partition coefficient (Wildman–Crippen LogP) is 4.75. The van der Waals surface area contributed by atoms with Gasteiger partial charge in [-0.2, -0.15) is 0 Å². The van der Waals surface area contributed by atoms with Crippen molar-refractivity contribution in [1.82, 2.24) is 4.98 Å². The van der Waals surface area contributed by atoms with Crippen molar-refractivity contribution in [2.24, 2.45) is 0 Å². The van der Waals surface area contributed by atoms with Gasteiger partial charge in [-0.05, 0) is 58.9 Å². The largest absolute Gasteiger partial charge is 0.312 e. The zero-order valence-electron chi connectivity index (χ0n) is 14.9. The lowest BCUT2D eigenvalue weighted by atomic mass is 9.83. The Morgan fingerprint density at radius 1 is 0.926 bits per heavy atom. The van der Waals surface area contributed by atoms with E-state index in [2.05, 4.69) is 29.2 Å². The van der Waals surface area contributed by atoms with Crippen LogP contribution in [-0.4, -0.2) is 17.4 Å². The van der Waals surface area contributed by atoms with Crippen molar-refractivity contribution in [1.29, 1.82) is 0 Å². The molecule has 2 aromatic carbocycles. The number of carbonyl (C=O) groups excluding carboxylic acids is 1. The third-order valence-corrected chi connectivity index (χ3v) is 5.84. The lowest BCUT2D eigenvalue weighted by Crippen LogP contribution is -2.32. The smallest absolute Gasteiger partial charge is 0.227 e. The number of hydrogen-bond acceptors (Lipinski definition) is 2. The molecule has 1 unspecified atom stereocenters. The lowest BCUT2D eigenvalue weighted by Gasteiger charge is -2.27. The van der Waals surface area contributed by atoms with Gasteiger partial charge in [-0.3, -0.25) is 9.78 Å². The number of hydrogen-bond donors (Lipinski definition) is 0. The average Bonchev–Trinajstić information content (AvgIpc) is 3.11. The highest BCUT2D eigenvalue weighted by atomic mass is 35.5. The molecule has 134 valence electrons. The molecule has 0 bridgehead atoms. The van der Waals surface area contributed by atoms with Gasteiger partial charge in [-0.1, -0.05) is 41.9 Å². The highest BCUT2D eigenvalue weighted by molar-refractivity contribution is 6.30. The molecule has 0 saturated carbocycles. The van der Waals surface area contributed by atoms with Crippen LogP contribution in [0.15, 0.2) is 60.9 Å². The third-order valence-electron chi connectivity index (χ3n) is 5.61. The molecule has 0 fully saturated rings. The monoisotopic (exact) mass is 374 g/mol. The number of halogens is 1. The summed E-state index contributed by atoms with van der Waals surface area (Å²) in [5.41, 5.74) is 7.28. The number of aryl methyl sites for hydroxylation is 1. The summed E-state index contributed by atoms with van der Waals surface area (Å²) in [7, 11) is 0. The van der Waals surface area contributed by atoms with Gasteiger partial charge >= 0.3 is 0 Å². The van der Waals surface area contributed by atoms with Gasteiger partial charge in [0.2, 0.25) is 5.91 Å². The van der Waals surface area contributed by atoms with E-state index in [0.717, 1.165) is 41.2 Å². The Morgan fingerprint density at radius 2 is 1.74 bits per heavy atom. The highest BCUT2D eigenvalue weighted by Gasteiger charge is 2.32. The molecule has 3 heterocycles. The van der Waals surface area contributed by atoms with Crippen LogP contribution in [0.4, 0.5) is 5.69 Å². The summed E-state index contributed by atoms with van der Waals surface area (Å²) in [4.78, 5) is 18.5. The maximum atomic E-state index is 12.2. The first kappa shape index (κ1) is 16.5. The van der Waals surface area contributed by atoms with Crippen molar-refractivity contribution in [3.05, 3.63) is 93.8 Å². The van der Waals surface area contributed by atoms with E-state index >= 15 is 0 Å². The van der Waals surface area contributed by atoms with Crippen molar-refractivity contribution >= 4 is 23.2 Å². The highest BCUT2D eigenvalue weighted by Crippen LogP contribution is 2.41. The summed E-state index contributed by atoms with van der Waals surface area (Å²) < 4.78 is 0. The van der Waals surface area contributed by atoms with E-state index in [1.165, 1.54) is 16.7 Å². The fourth-order valence-electron chi connectivity index (χ4n) is 4.46. The summed E-state index contributed by atoms with van der Waals surface area (Å²) in [6.07, 6.45) is 6.08. The van der Waals surface area contributed by atoms with E-state index in [4.69, 9.17) is 11.6 Å². The number of carbonyl (C=O) groups is 1. The minimum atomic E-state index is 0.0747. The first-order valence-corrected chi connectivity index (χ1v) is 9.70. The lowest BCUT2D eigenvalue weighted by molar-refractivity contribution is -0.118. The van der Waals surface area contributed by atoms with Crippen LogP contribution in [0.1, 0.15) is 40.2 Å². The van der Waals surface area contributed by atoms with Crippen LogP contribution in [0.3, 0.4) is 0 Å². The zero-order valence-corrected chi connectivity index (χ0v) is 15.6. The molecule has 5 rings (SSSR count). The number of aromatic nitrogens is 1. The van der Waals surface area contributed by atoms with E-state index in [-0.39, 0.29) is 11.8 Å². The molecule has 4 heteroatoms. The first-order valence-electron chi connectivity index (χ1n) is 9.32. The molecule has 0 saturated heterocycles. The normalized spacial score (nSPS) is 16.3. The average molecular weight is 375 g/mol. The standard InChI is InChI=1S/C23H19ClN2O/c24-20-5-1-3-15(13-20)22(18-4-2-9-25-14-18)19-11-16-6-7-21(27)26-10-8-17(12-19)23(16)26/h1-5,9,11-14,22H,6-8,10H2. The Hall–Kier alpha value is -2.65. The first-order chi connectivity index (χ1) is 13.2. The second-order valence-corrected chi connectivity index (χ2v) is 7.69. The molecule has 1 atom stereocenters. The number of anilines is 1. The summed E-state index contributed by atoms with van der Waals surface area (Å²) in [6, 6.07) is 16.7. The molecule has 2 aliphatic heterocycles. The van der Waals surface area contributed by atoms with Crippen LogP contribution in [0.5, 0.6) is 0 Å². The molecule has 1 aromatic heterocycles. The molecule has 0 spiro atoms. The van der Waals surface area contributed by atoms with Crippen molar-refractivity contribution in [3.63, 3.8) is 0 Å². The summed E-state index contributed by atoms with van der Waals surface area (Å²) in [6.45, 7) is 0.805. The van der Waals surface area contributed by atoms with Gasteiger partial charge in [0.1, 0.15) is 0 Å². The number of rotatable bonds is 3. The summed E-state index contributed by atoms with van der Waals surface area (Å²) in [5.74, 6) is 0.332. The number of pyridine rings is 1. The Balaban J connectivity index is 1.69.